The molecule has 2 rings (SSSR count). The van der Waals surface area contributed by atoms with Crippen LogP contribution in [0.3, 0.4) is 0 Å². The molecule has 1 saturated carbocycles. The third-order valence-electron chi connectivity index (χ3n) is 3.75. The summed E-state index contributed by atoms with van der Waals surface area (Å²) in [6, 6.07) is 4.57. The van der Waals surface area contributed by atoms with E-state index in [1.165, 1.54) is 6.07 Å². The standard InChI is InChI=1S/C17H24FNO3S/c1-4-5-10-23(20,21)19-17(8-9-17)14-6-7-15(18)16(11-14)22-12-13(2)3/h4,6-7,11,13,19H,1,5,8-10,12H2,2-3H3. The molecule has 1 fully saturated rings. The topological polar surface area (TPSA) is 55.4 Å². The van der Waals surface area contributed by atoms with E-state index in [0.717, 1.165) is 5.56 Å². The SMILES string of the molecule is C=CCCS(=O)(=O)NC1(c2ccc(F)c(OCC(C)C)c2)CC1. The molecule has 1 N–H and O–H groups in total. The highest BCUT2D eigenvalue weighted by atomic mass is 32.2. The molecule has 4 nitrogen and oxygen atoms in total. The summed E-state index contributed by atoms with van der Waals surface area (Å²) in [7, 11) is -3.39. The van der Waals surface area contributed by atoms with Crippen molar-refractivity contribution in [3.63, 3.8) is 0 Å². The monoisotopic (exact) mass is 341 g/mol. The second kappa shape index (κ2) is 7.01. The molecule has 0 bridgehead atoms. The van der Waals surface area contributed by atoms with E-state index in [1.807, 2.05) is 13.8 Å². The molecule has 1 aliphatic rings. The van der Waals surface area contributed by atoms with Crippen molar-refractivity contribution < 1.29 is 17.5 Å². The Kier molecular flexibility index (Phi) is 5.47. The highest BCUT2D eigenvalue weighted by Gasteiger charge is 2.47. The van der Waals surface area contributed by atoms with Gasteiger partial charge in [-0.15, -0.1) is 6.58 Å². The van der Waals surface area contributed by atoms with Gasteiger partial charge in [-0.1, -0.05) is 26.0 Å². The summed E-state index contributed by atoms with van der Waals surface area (Å²) in [6.07, 6.45) is 3.39. The number of hydrogen-bond acceptors (Lipinski definition) is 3. The minimum Gasteiger partial charge on any atom is -0.490 e. The van der Waals surface area contributed by atoms with Gasteiger partial charge in [-0.05, 0) is 42.9 Å². The lowest BCUT2D eigenvalue weighted by atomic mass is 10.1. The lowest BCUT2D eigenvalue weighted by Gasteiger charge is -2.19. The summed E-state index contributed by atoms with van der Waals surface area (Å²) < 4.78 is 46.3. The van der Waals surface area contributed by atoms with Gasteiger partial charge < -0.3 is 4.74 Å². The zero-order chi connectivity index (χ0) is 17.1. The molecule has 0 saturated heterocycles. The quantitative estimate of drug-likeness (QED) is 0.701. The number of nitrogens with one attached hydrogen (secondary N) is 1. The number of benzene rings is 1. The molecule has 6 heteroatoms. The van der Waals surface area contributed by atoms with Gasteiger partial charge in [-0.2, -0.15) is 0 Å². The summed E-state index contributed by atoms with van der Waals surface area (Å²) >= 11 is 0. The van der Waals surface area contributed by atoms with Crippen LogP contribution in [0.15, 0.2) is 30.9 Å². The van der Waals surface area contributed by atoms with E-state index in [1.54, 1.807) is 18.2 Å². The van der Waals surface area contributed by atoms with Crippen LogP contribution in [0.25, 0.3) is 0 Å². The molecule has 1 aliphatic carbocycles. The Labute approximate surface area is 137 Å². The Hall–Kier alpha value is -1.40. The van der Waals surface area contributed by atoms with E-state index in [-0.39, 0.29) is 17.4 Å². The van der Waals surface area contributed by atoms with Crippen LogP contribution in [-0.4, -0.2) is 20.8 Å². The molecule has 1 aromatic carbocycles. The van der Waals surface area contributed by atoms with Crippen LogP contribution in [0, 0.1) is 11.7 Å². The summed E-state index contributed by atoms with van der Waals surface area (Å²) in [4.78, 5) is 0. The maximum absolute atomic E-state index is 13.9. The van der Waals surface area contributed by atoms with Gasteiger partial charge in [0.25, 0.3) is 0 Å². The van der Waals surface area contributed by atoms with Crippen molar-refractivity contribution in [1.82, 2.24) is 4.72 Å². The molecule has 0 unspecified atom stereocenters. The zero-order valence-electron chi connectivity index (χ0n) is 13.6. The number of halogens is 1. The van der Waals surface area contributed by atoms with Crippen molar-refractivity contribution in [3.8, 4) is 5.75 Å². The fourth-order valence-corrected chi connectivity index (χ4v) is 3.83. The molecule has 0 spiro atoms. The number of ether oxygens (including phenoxy) is 1. The van der Waals surface area contributed by atoms with Crippen LogP contribution >= 0.6 is 0 Å². The number of sulfonamides is 1. The summed E-state index contributed by atoms with van der Waals surface area (Å²) in [6.45, 7) is 7.92. The Morgan fingerprint density at radius 3 is 2.70 bits per heavy atom. The largest absolute Gasteiger partial charge is 0.490 e. The van der Waals surface area contributed by atoms with Crippen molar-refractivity contribution in [2.45, 2.75) is 38.6 Å². The minimum atomic E-state index is -3.39. The highest BCUT2D eigenvalue weighted by molar-refractivity contribution is 7.89. The summed E-state index contributed by atoms with van der Waals surface area (Å²) in [5.74, 6) is 0.0358. The van der Waals surface area contributed by atoms with Crippen LogP contribution < -0.4 is 9.46 Å². The lowest BCUT2D eigenvalue weighted by molar-refractivity contribution is 0.259. The summed E-state index contributed by atoms with van der Waals surface area (Å²) in [5, 5.41) is 0. The van der Waals surface area contributed by atoms with Gasteiger partial charge >= 0.3 is 0 Å². The first-order valence-corrected chi connectivity index (χ1v) is 9.48. The normalized spacial score (nSPS) is 16.3. The molecule has 1 aromatic rings. The van der Waals surface area contributed by atoms with Crippen molar-refractivity contribution in [2.75, 3.05) is 12.4 Å². The first kappa shape index (κ1) is 17.9. The Balaban J connectivity index is 2.17. The van der Waals surface area contributed by atoms with Gasteiger partial charge in [0.05, 0.1) is 17.9 Å². The number of rotatable bonds is 9. The van der Waals surface area contributed by atoms with Crippen LogP contribution in [0.2, 0.25) is 0 Å². The third kappa shape index (κ3) is 4.78. The predicted molar refractivity (Wildman–Crippen MR) is 89.4 cm³/mol. The Morgan fingerprint density at radius 2 is 2.13 bits per heavy atom. The summed E-state index contributed by atoms with van der Waals surface area (Å²) in [5.41, 5.74) is 0.128. The molecule has 0 heterocycles. The maximum Gasteiger partial charge on any atom is 0.212 e. The van der Waals surface area contributed by atoms with E-state index in [2.05, 4.69) is 11.3 Å². The minimum absolute atomic E-state index is 0.0101. The third-order valence-corrected chi connectivity index (χ3v) is 5.22. The lowest BCUT2D eigenvalue weighted by Crippen LogP contribution is -2.36. The van der Waals surface area contributed by atoms with E-state index in [9.17, 15) is 12.8 Å². The zero-order valence-corrected chi connectivity index (χ0v) is 14.5. The van der Waals surface area contributed by atoms with Crippen LogP contribution in [-0.2, 0) is 15.6 Å². The molecule has 23 heavy (non-hydrogen) atoms. The molecule has 128 valence electrons. The average Bonchev–Trinajstić information content (AvgIpc) is 3.24. The van der Waals surface area contributed by atoms with Gasteiger partial charge in [0.15, 0.2) is 11.6 Å². The molecular weight excluding hydrogens is 317 g/mol. The van der Waals surface area contributed by atoms with E-state index in [0.29, 0.717) is 25.9 Å². The van der Waals surface area contributed by atoms with E-state index < -0.39 is 21.4 Å². The van der Waals surface area contributed by atoms with Gasteiger partial charge in [0.2, 0.25) is 10.0 Å². The molecular formula is C17H24FNO3S. The first-order valence-electron chi connectivity index (χ1n) is 7.83. The van der Waals surface area contributed by atoms with Crippen molar-refractivity contribution in [2.24, 2.45) is 5.92 Å². The first-order chi connectivity index (χ1) is 10.8. The average molecular weight is 341 g/mol. The Morgan fingerprint density at radius 1 is 1.43 bits per heavy atom. The van der Waals surface area contributed by atoms with Crippen LogP contribution in [0.5, 0.6) is 5.75 Å². The van der Waals surface area contributed by atoms with E-state index in [4.69, 9.17) is 4.74 Å². The maximum atomic E-state index is 13.9. The van der Waals surface area contributed by atoms with Gasteiger partial charge in [0.1, 0.15) is 0 Å². The molecule has 0 aromatic heterocycles. The predicted octanol–water partition coefficient (Wildman–Crippen LogP) is 3.35. The smallest absolute Gasteiger partial charge is 0.212 e. The molecule has 0 atom stereocenters. The second-order valence-electron chi connectivity index (χ2n) is 6.43. The molecule has 0 radical (unpaired) electrons. The highest BCUT2D eigenvalue weighted by Crippen LogP contribution is 2.47. The second-order valence-corrected chi connectivity index (χ2v) is 8.27. The Bertz CT molecular complexity index is 666. The molecule has 0 aliphatic heterocycles. The fraction of sp³-hybridized carbons (Fsp3) is 0.529. The van der Waals surface area contributed by atoms with Crippen LogP contribution in [0.1, 0.15) is 38.7 Å². The van der Waals surface area contributed by atoms with Crippen molar-refractivity contribution in [3.05, 3.63) is 42.2 Å². The van der Waals surface area contributed by atoms with Gasteiger partial charge in [-0.3, -0.25) is 0 Å². The van der Waals surface area contributed by atoms with Gasteiger partial charge in [0, 0.05) is 0 Å². The fourth-order valence-electron chi connectivity index (χ4n) is 2.33. The van der Waals surface area contributed by atoms with Crippen LogP contribution in [0.4, 0.5) is 4.39 Å². The molecule has 0 amide bonds. The van der Waals surface area contributed by atoms with Crippen molar-refractivity contribution in [1.29, 1.82) is 0 Å². The number of allylic oxidation sites excluding steroid dienone is 1. The van der Waals surface area contributed by atoms with Gasteiger partial charge in [-0.25, -0.2) is 17.5 Å². The number of hydrogen-bond donors (Lipinski definition) is 1. The van der Waals surface area contributed by atoms with Crippen molar-refractivity contribution >= 4 is 10.0 Å². The van der Waals surface area contributed by atoms with E-state index >= 15 is 0 Å².